The predicted molar refractivity (Wildman–Crippen MR) is 103 cm³/mol. The summed E-state index contributed by atoms with van der Waals surface area (Å²) in [7, 11) is -1.47. The molecule has 1 aliphatic carbocycles. The van der Waals surface area contributed by atoms with Crippen LogP contribution in [0.25, 0.3) is 0 Å². The summed E-state index contributed by atoms with van der Waals surface area (Å²) in [5.41, 5.74) is 8.66. The van der Waals surface area contributed by atoms with Crippen molar-refractivity contribution in [2.75, 3.05) is 0 Å². The Balaban J connectivity index is 2.55. The van der Waals surface area contributed by atoms with Gasteiger partial charge in [0.1, 0.15) is 14.2 Å². The fourth-order valence-corrected chi connectivity index (χ4v) is 3.97. The number of aliphatic hydroxyl groups is 1. The summed E-state index contributed by atoms with van der Waals surface area (Å²) in [5.74, 6) is 3.10. The van der Waals surface area contributed by atoms with Gasteiger partial charge in [-0.25, -0.2) is 0 Å². The zero-order valence-electron chi connectivity index (χ0n) is 16.1. The maximum atomic E-state index is 10.6. The first-order chi connectivity index (χ1) is 10.3. The van der Waals surface area contributed by atoms with Gasteiger partial charge in [-0.3, -0.25) is 0 Å². The van der Waals surface area contributed by atoms with Crippen LogP contribution in [0.3, 0.4) is 0 Å². The first-order valence-corrected chi connectivity index (χ1v) is 12.2. The van der Waals surface area contributed by atoms with Gasteiger partial charge in [0.05, 0.1) is 0 Å². The quantitative estimate of drug-likeness (QED) is 0.551. The van der Waals surface area contributed by atoms with E-state index in [-0.39, 0.29) is 10.8 Å². The summed E-state index contributed by atoms with van der Waals surface area (Å²) in [4.78, 5) is 0. The van der Waals surface area contributed by atoms with Gasteiger partial charge in [-0.05, 0) is 52.8 Å². The molecule has 0 bridgehead atoms. The highest BCUT2D eigenvalue weighted by Gasteiger charge is 2.37. The Bertz CT molecular complexity index is 666. The van der Waals surface area contributed by atoms with Gasteiger partial charge >= 0.3 is 0 Å². The van der Waals surface area contributed by atoms with Crippen LogP contribution in [-0.4, -0.2) is 13.2 Å². The van der Waals surface area contributed by atoms with E-state index in [4.69, 9.17) is 0 Å². The maximum Gasteiger partial charge on any atom is 0.139 e. The monoisotopic (exact) mass is 328 g/mol. The Morgan fingerprint density at radius 1 is 1.00 bits per heavy atom. The number of rotatable bonds is 1. The van der Waals surface area contributed by atoms with Crippen molar-refractivity contribution >= 4 is 8.07 Å². The summed E-state index contributed by atoms with van der Waals surface area (Å²) in [5, 5.41) is 10.6. The number of aliphatic hydroxyl groups excluding tert-OH is 1. The summed E-state index contributed by atoms with van der Waals surface area (Å²) in [6.07, 6.45) is 1.73. The average molecular weight is 329 g/mol. The van der Waals surface area contributed by atoms with E-state index in [2.05, 4.69) is 77.9 Å². The van der Waals surface area contributed by atoms with Gasteiger partial charge in [0.25, 0.3) is 0 Å². The van der Waals surface area contributed by atoms with Crippen LogP contribution in [0.15, 0.2) is 12.1 Å². The summed E-state index contributed by atoms with van der Waals surface area (Å²) < 4.78 is 0. The van der Waals surface area contributed by atoms with Crippen LogP contribution < -0.4 is 0 Å². The summed E-state index contributed by atoms with van der Waals surface area (Å²) in [6, 6.07) is 4.53. The topological polar surface area (TPSA) is 20.2 Å². The molecule has 1 aliphatic rings. The van der Waals surface area contributed by atoms with E-state index in [0.717, 1.165) is 11.1 Å². The van der Waals surface area contributed by atoms with E-state index in [9.17, 15) is 5.11 Å². The van der Waals surface area contributed by atoms with Gasteiger partial charge in [-0.1, -0.05) is 65.4 Å². The summed E-state index contributed by atoms with van der Waals surface area (Å²) in [6.45, 7) is 18.0. The lowest BCUT2D eigenvalue weighted by atomic mass is 9.62. The average Bonchev–Trinajstić information content (AvgIpc) is 2.40. The molecular weight excluding hydrogens is 296 g/mol. The van der Waals surface area contributed by atoms with E-state index < -0.39 is 14.2 Å². The molecule has 1 N–H and O–H groups in total. The van der Waals surface area contributed by atoms with Crippen LogP contribution in [-0.2, 0) is 10.8 Å². The van der Waals surface area contributed by atoms with E-state index >= 15 is 0 Å². The van der Waals surface area contributed by atoms with Gasteiger partial charge < -0.3 is 5.11 Å². The molecule has 0 radical (unpaired) electrons. The Labute approximate surface area is 143 Å². The summed E-state index contributed by atoms with van der Waals surface area (Å²) >= 11 is 0. The van der Waals surface area contributed by atoms with Crippen LogP contribution in [0.1, 0.15) is 68.9 Å². The Kier molecular flexibility index (Phi) is 4.61. The first-order valence-electron chi connectivity index (χ1n) is 8.70. The molecule has 0 heterocycles. The molecule has 2 heteroatoms. The van der Waals surface area contributed by atoms with Crippen molar-refractivity contribution < 1.29 is 5.11 Å². The fourth-order valence-electron chi connectivity index (χ4n) is 3.40. The van der Waals surface area contributed by atoms with Crippen LogP contribution in [0.5, 0.6) is 0 Å². The highest BCUT2D eigenvalue weighted by molar-refractivity contribution is 6.83. The third kappa shape index (κ3) is 3.90. The maximum absolute atomic E-state index is 10.6. The number of aryl methyl sites for hydroxylation is 1. The molecule has 23 heavy (non-hydrogen) atoms. The molecule has 0 fully saturated rings. The molecule has 1 nitrogen and oxygen atoms in total. The molecule has 1 atom stereocenters. The Morgan fingerprint density at radius 3 is 1.96 bits per heavy atom. The molecule has 1 aromatic carbocycles. The smallest absolute Gasteiger partial charge is 0.139 e. The van der Waals surface area contributed by atoms with Crippen LogP contribution >= 0.6 is 0 Å². The van der Waals surface area contributed by atoms with Crippen molar-refractivity contribution in [3.8, 4) is 11.5 Å². The minimum Gasteiger partial charge on any atom is -0.376 e. The zero-order valence-corrected chi connectivity index (χ0v) is 17.1. The van der Waals surface area contributed by atoms with Crippen molar-refractivity contribution in [2.24, 2.45) is 0 Å². The third-order valence-electron chi connectivity index (χ3n) is 5.12. The number of benzene rings is 1. The molecule has 0 saturated carbocycles. The molecular formula is C21H32OSi. The number of fused-ring (bicyclic) bond motifs is 1. The Morgan fingerprint density at radius 2 is 1.48 bits per heavy atom. The second kappa shape index (κ2) is 5.79. The van der Waals surface area contributed by atoms with Crippen molar-refractivity contribution in [2.45, 2.75) is 84.0 Å². The van der Waals surface area contributed by atoms with Gasteiger partial charge in [0.15, 0.2) is 0 Å². The van der Waals surface area contributed by atoms with E-state index in [1.807, 2.05) is 0 Å². The highest BCUT2D eigenvalue weighted by atomic mass is 28.3. The highest BCUT2D eigenvalue weighted by Crippen LogP contribution is 2.47. The van der Waals surface area contributed by atoms with E-state index in [1.54, 1.807) is 0 Å². The zero-order chi connectivity index (χ0) is 17.6. The molecule has 0 saturated heterocycles. The third-order valence-corrected chi connectivity index (χ3v) is 6.01. The van der Waals surface area contributed by atoms with E-state index in [1.165, 1.54) is 24.0 Å². The van der Waals surface area contributed by atoms with Gasteiger partial charge in [-0.2, -0.15) is 0 Å². The number of hydrogen-bond acceptors (Lipinski definition) is 1. The van der Waals surface area contributed by atoms with Gasteiger partial charge in [0, 0.05) is 0 Å². The van der Waals surface area contributed by atoms with Crippen molar-refractivity contribution in [1.82, 2.24) is 0 Å². The molecule has 1 aromatic rings. The Hall–Kier alpha value is -1.04. The second-order valence-electron chi connectivity index (χ2n) is 9.44. The molecule has 0 aliphatic heterocycles. The van der Waals surface area contributed by atoms with Gasteiger partial charge in [-0.15, -0.1) is 5.54 Å². The normalized spacial score (nSPS) is 20.2. The SMILES string of the molecule is Cc1cc2c(cc1C(O)C#C[Si](C)(C)C)C(C)(C)CCC2(C)C. The molecule has 0 spiro atoms. The van der Waals surface area contributed by atoms with Crippen molar-refractivity contribution in [3.63, 3.8) is 0 Å². The second-order valence-corrected chi connectivity index (χ2v) is 14.2. The van der Waals surface area contributed by atoms with Crippen LogP contribution in [0.4, 0.5) is 0 Å². The molecule has 2 rings (SSSR count). The van der Waals surface area contributed by atoms with Crippen molar-refractivity contribution in [3.05, 3.63) is 34.4 Å². The predicted octanol–water partition coefficient (Wildman–Crippen LogP) is 5.26. The van der Waals surface area contributed by atoms with Crippen LogP contribution in [0, 0.1) is 18.4 Å². The van der Waals surface area contributed by atoms with Crippen molar-refractivity contribution in [1.29, 1.82) is 0 Å². The fraction of sp³-hybridized carbons (Fsp3) is 0.619. The first kappa shape index (κ1) is 18.3. The number of hydrogen-bond donors (Lipinski definition) is 1. The molecule has 0 aromatic heterocycles. The lowest BCUT2D eigenvalue weighted by molar-refractivity contribution is 0.236. The molecule has 1 unspecified atom stereocenters. The largest absolute Gasteiger partial charge is 0.376 e. The molecule has 126 valence electrons. The van der Waals surface area contributed by atoms with Crippen LogP contribution in [0.2, 0.25) is 19.6 Å². The lowest BCUT2D eigenvalue weighted by Crippen LogP contribution is -2.34. The van der Waals surface area contributed by atoms with E-state index in [0.29, 0.717) is 0 Å². The lowest BCUT2D eigenvalue weighted by Gasteiger charge is -2.42. The minimum atomic E-state index is -1.47. The minimum absolute atomic E-state index is 0.166. The van der Waals surface area contributed by atoms with Gasteiger partial charge in [0.2, 0.25) is 0 Å². The standard InChI is InChI=1S/C21H32OSi/c1-15-13-17-18(21(4,5)11-10-20(17,2)3)14-16(15)19(22)9-12-23(6,7)8/h13-14,19,22H,10-11H2,1-8H3. The molecule has 0 amide bonds.